The maximum absolute atomic E-state index is 12.5. The lowest BCUT2D eigenvalue weighted by Gasteiger charge is -2.18. The van der Waals surface area contributed by atoms with Crippen LogP contribution in [0.1, 0.15) is 12.0 Å². The Morgan fingerprint density at radius 3 is 2.88 bits per heavy atom. The Morgan fingerprint density at radius 1 is 1.27 bits per heavy atom. The molecule has 0 spiro atoms. The first-order chi connectivity index (χ1) is 12.3. The average Bonchev–Trinajstić information content (AvgIpc) is 3.30. The second kappa shape index (κ2) is 10.1. The van der Waals surface area contributed by atoms with Crippen LogP contribution >= 0.6 is 24.0 Å². The number of aliphatic imine (C=N–C) groups is 1. The second-order valence-corrected chi connectivity index (χ2v) is 5.90. The first-order valence-electron chi connectivity index (χ1n) is 8.58. The van der Waals surface area contributed by atoms with Gasteiger partial charge in [-0.1, -0.05) is 18.2 Å². The number of hydrogen-bond acceptors (Lipinski definition) is 3. The zero-order valence-electron chi connectivity index (χ0n) is 14.9. The Hall–Kier alpha value is -2.10. The first-order valence-corrected chi connectivity index (χ1v) is 8.58. The molecule has 8 heteroatoms. The fourth-order valence-electron chi connectivity index (χ4n) is 2.95. The third kappa shape index (κ3) is 5.20. The summed E-state index contributed by atoms with van der Waals surface area (Å²) >= 11 is 0. The molecule has 2 heterocycles. The van der Waals surface area contributed by atoms with E-state index in [9.17, 15) is 4.79 Å². The van der Waals surface area contributed by atoms with Crippen molar-refractivity contribution in [1.29, 1.82) is 0 Å². The molecule has 0 aliphatic carbocycles. The molecule has 0 radical (unpaired) electrons. The minimum atomic E-state index is 0. The Bertz CT molecular complexity index is 731. The van der Waals surface area contributed by atoms with Crippen molar-refractivity contribution in [3.05, 3.63) is 48.3 Å². The molecule has 3 rings (SSSR count). The van der Waals surface area contributed by atoms with E-state index in [1.54, 1.807) is 13.2 Å². The van der Waals surface area contributed by atoms with Crippen LogP contribution in [0.15, 0.2) is 47.7 Å². The van der Waals surface area contributed by atoms with Gasteiger partial charge in [-0.3, -0.25) is 14.5 Å². The van der Waals surface area contributed by atoms with Crippen LogP contribution in [0, 0.1) is 0 Å². The molecule has 1 aliphatic rings. The van der Waals surface area contributed by atoms with Crippen LogP contribution in [-0.4, -0.2) is 48.3 Å². The molecule has 2 aromatic rings. The molecule has 0 fully saturated rings. The number of anilines is 1. The van der Waals surface area contributed by atoms with Gasteiger partial charge in [0.05, 0.1) is 6.54 Å². The van der Waals surface area contributed by atoms with Gasteiger partial charge in [-0.2, -0.15) is 5.10 Å². The van der Waals surface area contributed by atoms with Crippen molar-refractivity contribution in [3.63, 3.8) is 0 Å². The Kier molecular flexibility index (Phi) is 7.89. The monoisotopic (exact) mass is 468 g/mol. The number of nitrogens with zero attached hydrogens (tertiary/aromatic N) is 4. The molecule has 7 nitrogen and oxygen atoms in total. The molecule has 0 saturated heterocycles. The maximum Gasteiger partial charge on any atom is 0.246 e. The Labute approximate surface area is 170 Å². The molecule has 1 aromatic heterocycles. The number of halogens is 1. The summed E-state index contributed by atoms with van der Waals surface area (Å²) in [5, 5.41) is 10.5. The average molecular weight is 468 g/mol. The number of rotatable bonds is 6. The highest BCUT2D eigenvalue weighted by molar-refractivity contribution is 14.0. The molecular formula is C18H25IN6O. The highest BCUT2D eigenvalue weighted by Gasteiger charge is 2.23. The van der Waals surface area contributed by atoms with Crippen molar-refractivity contribution in [1.82, 2.24) is 20.4 Å². The van der Waals surface area contributed by atoms with E-state index in [0.717, 1.165) is 38.2 Å². The first kappa shape index (κ1) is 20.2. The van der Waals surface area contributed by atoms with Crippen molar-refractivity contribution in [3.8, 4) is 0 Å². The van der Waals surface area contributed by atoms with Crippen LogP contribution < -0.4 is 15.5 Å². The molecule has 0 saturated carbocycles. The summed E-state index contributed by atoms with van der Waals surface area (Å²) < 4.78 is 1.90. The molecule has 0 bridgehead atoms. The standard InChI is InChI=1S/C18H24N6O.HI/c1-19-18(20-9-4-11-23-12-5-10-22-23)21-14-17(25)24-13-8-15-6-2-3-7-16(15)24;/h2-3,5-7,10,12H,4,8-9,11,13-14H2,1H3,(H2,19,20,21);1H. The number of para-hydroxylation sites is 1. The van der Waals surface area contributed by atoms with Gasteiger partial charge in [0.2, 0.25) is 5.91 Å². The van der Waals surface area contributed by atoms with E-state index in [-0.39, 0.29) is 36.4 Å². The van der Waals surface area contributed by atoms with Gasteiger partial charge in [0.25, 0.3) is 0 Å². The fourth-order valence-corrected chi connectivity index (χ4v) is 2.95. The summed E-state index contributed by atoms with van der Waals surface area (Å²) in [4.78, 5) is 18.5. The number of amides is 1. The van der Waals surface area contributed by atoms with E-state index in [2.05, 4.69) is 26.8 Å². The summed E-state index contributed by atoms with van der Waals surface area (Å²) in [6.07, 6.45) is 5.56. The van der Waals surface area contributed by atoms with Crippen molar-refractivity contribution < 1.29 is 4.79 Å². The molecule has 1 aromatic carbocycles. The van der Waals surface area contributed by atoms with E-state index >= 15 is 0 Å². The number of aryl methyl sites for hydroxylation is 1. The number of carbonyl (C=O) groups is 1. The summed E-state index contributed by atoms with van der Waals surface area (Å²) in [5.41, 5.74) is 2.26. The SMILES string of the molecule is CN=C(NCCCn1cccn1)NCC(=O)N1CCc2ccccc21.I. The Morgan fingerprint density at radius 2 is 2.12 bits per heavy atom. The second-order valence-electron chi connectivity index (χ2n) is 5.90. The highest BCUT2D eigenvalue weighted by atomic mass is 127. The summed E-state index contributed by atoms with van der Waals surface area (Å²) in [6, 6.07) is 9.98. The van der Waals surface area contributed by atoms with Gasteiger partial charge in [0.1, 0.15) is 0 Å². The van der Waals surface area contributed by atoms with E-state index in [4.69, 9.17) is 0 Å². The highest BCUT2D eigenvalue weighted by Crippen LogP contribution is 2.27. The van der Waals surface area contributed by atoms with Crippen LogP contribution in [0.4, 0.5) is 5.69 Å². The quantitative estimate of drug-likeness (QED) is 0.293. The van der Waals surface area contributed by atoms with Crippen molar-refractivity contribution >= 4 is 41.5 Å². The molecule has 1 aliphatic heterocycles. The molecule has 26 heavy (non-hydrogen) atoms. The number of aromatic nitrogens is 2. The molecule has 0 atom stereocenters. The molecule has 1 amide bonds. The minimum absolute atomic E-state index is 0. The lowest BCUT2D eigenvalue weighted by molar-refractivity contribution is -0.117. The summed E-state index contributed by atoms with van der Waals surface area (Å²) in [7, 11) is 1.71. The molecular weight excluding hydrogens is 443 g/mol. The van der Waals surface area contributed by atoms with Crippen molar-refractivity contribution in [2.24, 2.45) is 4.99 Å². The van der Waals surface area contributed by atoms with Gasteiger partial charge in [-0.25, -0.2) is 0 Å². The summed E-state index contributed by atoms with van der Waals surface area (Å²) in [6.45, 7) is 2.59. The predicted octanol–water partition coefficient (Wildman–Crippen LogP) is 1.65. The van der Waals surface area contributed by atoms with Gasteiger partial charge in [0.15, 0.2) is 5.96 Å². The van der Waals surface area contributed by atoms with Gasteiger partial charge in [-0.15, -0.1) is 24.0 Å². The van der Waals surface area contributed by atoms with E-state index in [0.29, 0.717) is 5.96 Å². The zero-order valence-corrected chi connectivity index (χ0v) is 17.2. The van der Waals surface area contributed by atoms with E-state index in [1.165, 1.54) is 5.56 Å². The fraction of sp³-hybridized carbons (Fsp3) is 0.389. The number of guanidine groups is 1. The maximum atomic E-state index is 12.5. The minimum Gasteiger partial charge on any atom is -0.356 e. The Balaban J connectivity index is 0.00000243. The topological polar surface area (TPSA) is 74.5 Å². The van der Waals surface area contributed by atoms with Crippen molar-refractivity contribution in [2.75, 3.05) is 31.6 Å². The van der Waals surface area contributed by atoms with Gasteiger partial charge >= 0.3 is 0 Å². The normalized spacial score (nSPS) is 13.1. The predicted molar refractivity (Wildman–Crippen MR) is 114 cm³/mol. The zero-order chi connectivity index (χ0) is 17.5. The van der Waals surface area contributed by atoms with Gasteiger partial charge in [0, 0.05) is 44.8 Å². The number of hydrogen-bond donors (Lipinski definition) is 2. The molecule has 0 unspecified atom stereocenters. The largest absolute Gasteiger partial charge is 0.356 e. The third-order valence-corrected chi connectivity index (χ3v) is 4.23. The molecule has 2 N–H and O–H groups in total. The van der Waals surface area contributed by atoms with E-state index < -0.39 is 0 Å². The van der Waals surface area contributed by atoms with Gasteiger partial charge in [-0.05, 0) is 30.5 Å². The third-order valence-electron chi connectivity index (χ3n) is 4.23. The van der Waals surface area contributed by atoms with Crippen LogP contribution in [0.25, 0.3) is 0 Å². The van der Waals surface area contributed by atoms with Crippen LogP contribution in [0.5, 0.6) is 0 Å². The number of carbonyl (C=O) groups excluding carboxylic acids is 1. The smallest absolute Gasteiger partial charge is 0.246 e. The number of nitrogens with one attached hydrogen (secondary N) is 2. The van der Waals surface area contributed by atoms with Crippen LogP contribution in [0.2, 0.25) is 0 Å². The van der Waals surface area contributed by atoms with Crippen LogP contribution in [-0.2, 0) is 17.8 Å². The van der Waals surface area contributed by atoms with Crippen molar-refractivity contribution in [2.45, 2.75) is 19.4 Å². The number of fused-ring (bicyclic) bond motifs is 1. The lowest BCUT2D eigenvalue weighted by Crippen LogP contribution is -2.44. The van der Waals surface area contributed by atoms with E-state index in [1.807, 2.05) is 40.0 Å². The van der Waals surface area contributed by atoms with Crippen LogP contribution in [0.3, 0.4) is 0 Å². The number of benzene rings is 1. The molecule has 140 valence electrons. The van der Waals surface area contributed by atoms with Gasteiger partial charge < -0.3 is 15.5 Å². The summed E-state index contributed by atoms with van der Waals surface area (Å²) in [5.74, 6) is 0.700. The lowest BCUT2D eigenvalue weighted by atomic mass is 10.2.